The van der Waals surface area contributed by atoms with E-state index in [1.165, 1.54) is 11.1 Å². The van der Waals surface area contributed by atoms with Crippen LogP contribution in [-0.2, 0) is 4.74 Å². The molecule has 4 heteroatoms. The number of fused-ring (bicyclic) bond motifs is 4. The maximum Gasteiger partial charge on any atom is 0.161 e. The quantitative estimate of drug-likeness (QED) is 0.750. The summed E-state index contributed by atoms with van der Waals surface area (Å²) in [6, 6.07) is 4.98. The highest BCUT2D eigenvalue weighted by Gasteiger charge is 2.55. The normalized spacial score (nSPS) is 27.6. The van der Waals surface area contributed by atoms with Gasteiger partial charge < -0.3 is 19.7 Å². The van der Waals surface area contributed by atoms with Crippen molar-refractivity contribution < 1.29 is 19.7 Å². The first-order valence-electron chi connectivity index (χ1n) is 9.02. The average molecular weight is 344 g/mol. The number of rotatable bonds is 6. The number of benzene rings is 1. The fraction of sp³-hybridized carbons (Fsp3) is 0.524. The highest BCUT2D eigenvalue weighted by atomic mass is 16.6. The Morgan fingerprint density at radius 3 is 2.80 bits per heavy atom. The summed E-state index contributed by atoms with van der Waals surface area (Å²) in [5.74, 6) is 0.863. The molecule has 0 spiro atoms. The summed E-state index contributed by atoms with van der Waals surface area (Å²) in [5, 5.41) is 20.4. The minimum atomic E-state index is -0.707. The molecule has 2 heterocycles. The van der Waals surface area contributed by atoms with E-state index in [1.54, 1.807) is 18.2 Å². The number of phenols is 1. The summed E-state index contributed by atoms with van der Waals surface area (Å²) >= 11 is 0. The first kappa shape index (κ1) is 18.0. The van der Waals surface area contributed by atoms with E-state index in [0.29, 0.717) is 18.8 Å². The average Bonchev–Trinajstić information content (AvgIpc) is 2.76. The standard InChI is InChI=1S/C21H28O4/c1-14(2)6-4-7-15(3)8-5-11-21-13-24-19(20(21)23)17-12-16(22)9-10-18(17)25-21/h6,8-10,12,19-20,22-23H,4-5,7,11,13H2,1-3H3/b15-8+. The molecule has 1 fully saturated rings. The third-order valence-electron chi connectivity index (χ3n) is 5.10. The molecule has 0 saturated carbocycles. The monoisotopic (exact) mass is 344 g/mol. The molecule has 0 radical (unpaired) electrons. The summed E-state index contributed by atoms with van der Waals surface area (Å²) in [7, 11) is 0. The molecule has 2 N–H and O–H groups in total. The molecule has 0 aliphatic carbocycles. The van der Waals surface area contributed by atoms with Crippen LogP contribution in [0.4, 0.5) is 0 Å². The van der Waals surface area contributed by atoms with Crippen molar-refractivity contribution in [1.29, 1.82) is 0 Å². The summed E-state index contributed by atoms with van der Waals surface area (Å²) in [5.41, 5.74) is 2.75. The van der Waals surface area contributed by atoms with Crippen LogP contribution in [0, 0.1) is 0 Å². The van der Waals surface area contributed by atoms with E-state index in [-0.39, 0.29) is 5.75 Å². The largest absolute Gasteiger partial charge is 0.508 e. The second-order valence-corrected chi connectivity index (χ2v) is 7.47. The molecule has 1 aromatic rings. The molecule has 0 amide bonds. The van der Waals surface area contributed by atoms with E-state index in [1.807, 2.05) is 0 Å². The maximum absolute atomic E-state index is 10.7. The highest BCUT2D eigenvalue weighted by molar-refractivity contribution is 5.45. The Hall–Kier alpha value is -1.78. The molecule has 2 bridgehead atoms. The lowest BCUT2D eigenvalue weighted by molar-refractivity contribution is -0.0501. The maximum atomic E-state index is 10.7. The number of phenolic OH excluding ortho intramolecular Hbond substituents is 1. The minimum Gasteiger partial charge on any atom is -0.508 e. The van der Waals surface area contributed by atoms with E-state index in [9.17, 15) is 10.2 Å². The van der Waals surface area contributed by atoms with Crippen molar-refractivity contribution in [2.24, 2.45) is 0 Å². The van der Waals surface area contributed by atoms with Gasteiger partial charge in [-0.25, -0.2) is 0 Å². The van der Waals surface area contributed by atoms with E-state index < -0.39 is 17.8 Å². The minimum absolute atomic E-state index is 0.160. The van der Waals surface area contributed by atoms with Gasteiger partial charge in [-0.1, -0.05) is 23.3 Å². The van der Waals surface area contributed by atoms with Gasteiger partial charge in [0.2, 0.25) is 0 Å². The van der Waals surface area contributed by atoms with Gasteiger partial charge in [0.15, 0.2) is 5.60 Å². The van der Waals surface area contributed by atoms with Crippen LogP contribution in [0.1, 0.15) is 58.1 Å². The third kappa shape index (κ3) is 3.75. The van der Waals surface area contributed by atoms with Crippen LogP contribution in [0.25, 0.3) is 0 Å². The van der Waals surface area contributed by atoms with Gasteiger partial charge in [-0.3, -0.25) is 0 Å². The molecular formula is C21H28O4. The van der Waals surface area contributed by atoms with E-state index in [2.05, 4.69) is 32.9 Å². The fourth-order valence-electron chi connectivity index (χ4n) is 3.63. The number of aliphatic hydroxyl groups excluding tert-OH is 1. The molecule has 2 aliphatic rings. The lowest BCUT2D eigenvalue weighted by Crippen LogP contribution is -2.49. The van der Waals surface area contributed by atoms with Gasteiger partial charge in [-0.15, -0.1) is 0 Å². The first-order valence-corrected chi connectivity index (χ1v) is 9.02. The summed E-state index contributed by atoms with van der Waals surface area (Å²) in [4.78, 5) is 0. The Morgan fingerprint density at radius 1 is 1.24 bits per heavy atom. The van der Waals surface area contributed by atoms with Gasteiger partial charge in [-0.2, -0.15) is 0 Å². The number of allylic oxidation sites excluding steroid dienone is 4. The van der Waals surface area contributed by atoms with Crippen molar-refractivity contribution in [2.45, 2.75) is 64.3 Å². The lowest BCUT2D eigenvalue weighted by atomic mass is 9.85. The van der Waals surface area contributed by atoms with Gasteiger partial charge >= 0.3 is 0 Å². The molecule has 136 valence electrons. The predicted octanol–water partition coefficient (Wildman–Crippen LogP) is 4.43. The van der Waals surface area contributed by atoms with Crippen LogP contribution in [0.3, 0.4) is 0 Å². The number of ether oxygens (including phenoxy) is 2. The molecule has 4 nitrogen and oxygen atoms in total. The van der Waals surface area contributed by atoms with Crippen LogP contribution in [-0.4, -0.2) is 28.5 Å². The van der Waals surface area contributed by atoms with Crippen LogP contribution in [0.2, 0.25) is 0 Å². The van der Waals surface area contributed by atoms with Crippen LogP contribution < -0.4 is 4.74 Å². The van der Waals surface area contributed by atoms with E-state index >= 15 is 0 Å². The highest BCUT2D eigenvalue weighted by Crippen LogP contribution is 2.49. The predicted molar refractivity (Wildman–Crippen MR) is 97.8 cm³/mol. The third-order valence-corrected chi connectivity index (χ3v) is 5.10. The van der Waals surface area contributed by atoms with Crippen LogP contribution in [0.15, 0.2) is 41.5 Å². The van der Waals surface area contributed by atoms with Gasteiger partial charge in [0.05, 0.1) is 6.61 Å². The van der Waals surface area contributed by atoms with Gasteiger partial charge in [0, 0.05) is 5.56 Å². The Morgan fingerprint density at radius 2 is 2.04 bits per heavy atom. The van der Waals surface area contributed by atoms with Crippen LogP contribution >= 0.6 is 0 Å². The zero-order valence-corrected chi connectivity index (χ0v) is 15.3. The smallest absolute Gasteiger partial charge is 0.161 e. The lowest BCUT2D eigenvalue weighted by Gasteiger charge is -2.37. The second kappa shape index (κ2) is 7.22. The van der Waals surface area contributed by atoms with Crippen molar-refractivity contribution in [2.75, 3.05) is 6.61 Å². The van der Waals surface area contributed by atoms with Gasteiger partial charge in [0.1, 0.15) is 23.7 Å². The second-order valence-electron chi connectivity index (χ2n) is 7.47. The SMILES string of the molecule is CC(C)=CCC/C(C)=C/CCC12COC(c3cc(O)ccc3O1)C2O. The van der Waals surface area contributed by atoms with Gasteiger partial charge in [0.25, 0.3) is 0 Å². The molecule has 25 heavy (non-hydrogen) atoms. The van der Waals surface area contributed by atoms with Crippen molar-refractivity contribution >= 4 is 0 Å². The molecule has 2 aliphatic heterocycles. The molecule has 3 rings (SSSR count). The molecule has 1 aromatic carbocycles. The van der Waals surface area contributed by atoms with E-state index in [0.717, 1.165) is 24.8 Å². The molecule has 0 aromatic heterocycles. The Kier molecular flexibility index (Phi) is 5.21. The summed E-state index contributed by atoms with van der Waals surface area (Å²) in [6.45, 7) is 6.77. The number of hydrogen-bond acceptors (Lipinski definition) is 4. The molecule has 1 saturated heterocycles. The Balaban J connectivity index is 1.65. The Bertz CT molecular complexity index is 687. The first-order chi connectivity index (χ1) is 11.9. The van der Waals surface area contributed by atoms with Gasteiger partial charge in [-0.05, 0) is 64.7 Å². The number of hydrogen-bond donors (Lipinski definition) is 2. The van der Waals surface area contributed by atoms with Crippen LogP contribution in [0.5, 0.6) is 11.5 Å². The van der Waals surface area contributed by atoms with Crippen molar-refractivity contribution in [3.63, 3.8) is 0 Å². The zero-order chi connectivity index (χ0) is 18.0. The number of aromatic hydroxyl groups is 1. The number of aliphatic hydroxyl groups is 1. The molecule has 3 unspecified atom stereocenters. The Labute approximate surface area is 149 Å². The van der Waals surface area contributed by atoms with Crippen molar-refractivity contribution in [3.05, 3.63) is 47.1 Å². The fourth-order valence-corrected chi connectivity index (χ4v) is 3.63. The van der Waals surface area contributed by atoms with Crippen molar-refractivity contribution in [3.8, 4) is 11.5 Å². The topological polar surface area (TPSA) is 58.9 Å². The summed E-state index contributed by atoms with van der Waals surface area (Å²) < 4.78 is 12.0. The molecule has 3 atom stereocenters. The molecular weight excluding hydrogens is 316 g/mol. The zero-order valence-electron chi connectivity index (χ0n) is 15.3. The van der Waals surface area contributed by atoms with E-state index in [4.69, 9.17) is 9.47 Å². The summed E-state index contributed by atoms with van der Waals surface area (Å²) in [6.07, 6.45) is 7.06. The van der Waals surface area contributed by atoms with Crippen molar-refractivity contribution in [1.82, 2.24) is 0 Å².